The van der Waals surface area contributed by atoms with Crippen molar-refractivity contribution in [2.24, 2.45) is 0 Å². The molecule has 1 unspecified atom stereocenters. The topological polar surface area (TPSA) is 82.0 Å². The Hall–Kier alpha value is -1.79. The summed E-state index contributed by atoms with van der Waals surface area (Å²) in [6.45, 7) is 0.952. The molecule has 2 rings (SSSR count). The highest BCUT2D eigenvalue weighted by atomic mass is 16.5. The molecule has 0 bridgehead atoms. The largest absolute Gasteiger partial charge is 0.491 e. The lowest BCUT2D eigenvalue weighted by Crippen LogP contribution is -2.28. The fourth-order valence-electron chi connectivity index (χ4n) is 1.83. The predicted octanol–water partition coefficient (Wildman–Crippen LogP) is -0.0839. The summed E-state index contributed by atoms with van der Waals surface area (Å²) < 4.78 is 5.51. The Labute approximate surface area is 111 Å². The van der Waals surface area contributed by atoms with Crippen LogP contribution in [-0.4, -0.2) is 60.5 Å². The molecule has 6 heteroatoms. The molecule has 6 nitrogen and oxygen atoms in total. The molecule has 1 aromatic rings. The second-order valence-corrected chi connectivity index (χ2v) is 4.50. The zero-order valence-corrected chi connectivity index (χ0v) is 10.8. The number of carbonyl (C=O) groups is 1. The zero-order valence-electron chi connectivity index (χ0n) is 10.8. The maximum absolute atomic E-state index is 12.1. The van der Waals surface area contributed by atoms with Gasteiger partial charge in [-0.05, 0) is 18.2 Å². The number of nitrogens with zero attached hydrogens (tertiary/aromatic N) is 1. The minimum Gasteiger partial charge on any atom is -0.491 e. The van der Waals surface area contributed by atoms with Crippen LogP contribution in [0.15, 0.2) is 18.2 Å². The van der Waals surface area contributed by atoms with Gasteiger partial charge in [0.15, 0.2) is 0 Å². The molecule has 0 saturated heterocycles. The van der Waals surface area contributed by atoms with E-state index >= 15 is 0 Å². The third-order valence-corrected chi connectivity index (χ3v) is 2.99. The Balaban J connectivity index is 2.17. The van der Waals surface area contributed by atoms with Gasteiger partial charge >= 0.3 is 0 Å². The third-order valence-electron chi connectivity index (χ3n) is 2.99. The Morgan fingerprint density at radius 1 is 1.53 bits per heavy atom. The van der Waals surface area contributed by atoms with Gasteiger partial charge in [-0.25, -0.2) is 0 Å². The normalized spacial score (nSPS) is 16.4. The van der Waals surface area contributed by atoms with Gasteiger partial charge in [-0.2, -0.15) is 0 Å². The van der Waals surface area contributed by atoms with Gasteiger partial charge in [-0.15, -0.1) is 0 Å². The zero-order chi connectivity index (χ0) is 13.8. The molecule has 0 radical (unpaired) electrons. The fraction of sp³-hybridized carbons (Fsp3) is 0.462. The van der Waals surface area contributed by atoms with E-state index in [1.807, 2.05) is 0 Å². The van der Waals surface area contributed by atoms with Crippen molar-refractivity contribution < 1.29 is 19.7 Å². The molecule has 0 saturated carbocycles. The summed E-state index contributed by atoms with van der Waals surface area (Å²) in [6.07, 6.45) is -0.826. The van der Waals surface area contributed by atoms with E-state index in [2.05, 4.69) is 5.32 Å². The van der Waals surface area contributed by atoms with E-state index in [0.29, 0.717) is 30.2 Å². The molecule has 0 spiro atoms. The van der Waals surface area contributed by atoms with Crippen LogP contribution in [0.1, 0.15) is 10.4 Å². The van der Waals surface area contributed by atoms with Crippen LogP contribution in [0.5, 0.6) is 5.75 Å². The quantitative estimate of drug-likeness (QED) is 0.710. The minimum atomic E-state index is -0.826. The van der Waals surface area contributed by atoms with Crippen LogP contribution in [0.2, 0.25) is 0 Å². The number of hydrogen-bond acceptors (Lipinski definition) is 5. The van der Waals surface area contributed by atoms with Gasteiger partial charge in [0.1, 0.15) is 12.4 Å². The summed E-state index contributed by atoms with van der Waals surface area (Å²) in [5.41, 5.74) is 1.21. The highest BCUT2D eigenvalue weighted by Gasteiger charge is 2.21. The molecular formula is C13H18N2O4. The molecule has 1 aliphatic heterocycles. The number of fused-ring (bicyclic) bond motifs is 1. The molecule has 19 heavy (non-hydrogen) atoms. The van der Waals surface area contributed by atoms with Gasteiger partial charge in [0, 0.05) is 19.3 Å². The summed E-state index contributed by atoms with van der Waals surface area (Å²) in [7, 11) is 1.73. The maximum Gasteiger partial charge on any atom is 0.257 e. The molecular weight excluding hydrogens is 248 g/mol. The number of benzene rings is 1. The molecule has 1 atom stereocenters. The number of anilines is 1. The number of ether oxygens (including phenoxy) is 1. The second-order valence-electron chi connectivity index (χ2n) is 4.50. The highest BCUT2D eigenvalue weighted by Crippen LogP contribution is 2.26. The smallest absolute Gasteiger partial charge is 0.257 e. The average Bonchev–Trinajstić information content (AvgIpc) is 2.57. The summed E-state index contributed by atoms with van der Waals surface area (Å²) in [5.74, 6) is 0.487. The van der Waals surface area contributed by atoms with E-state index in [1.54, 1.807) is 30.1 Å². The van der Waals surface area contributed by atoms with Crippen molar-refractivity contribution >= 4 is 11.6 Å². The number of carbonyl (C=O) groups excluding carboxylic acids is 1. The first kappa shape index (κ1) is 13.6. The van der Waals surface area contributed by atoms with Crippen LogP contribution >= 0.6 is 0 Å². The third kappa shape index (κ3) is 3.15. The maximum atomic E-state index is 12.1. The van der Waals surface area contributed by atoms with E-state index in [1.165, 1.54) is 0 Å². The lowest BCUT2D eigenvalue weighted by atomic mass is 10.1. The first-order valence-electron chi connectivity index (χ1n) is 6.17. The molecule has 3 N–H and O–H groups in total. The number of aliphatic hydroxyl groups excluding tert-OH is 2. The lowest BCUT2D eigenvalue weighted by Gasteiger charge is -2.14. The molecule has 1 aliphatic rings. The van der Waals surface area contributed by atoms with E-state index < -0.39 is 6.10 Å². The van der Waals surface area contributed by atoms with E-state index in [-0.39, 0.29) is 19.1 Å². The molecule has 0 fully saturated rings. The number of amides is 1. The van der Waals surface area contributed by atoms with E-state index in [4.69, 9.17) is 9.84 Å². The van der Waals surface area contributed by atoms with Crippen molar-refractivity contribution in [2.45, 2.75) is 6.10 Å². The molecule has 0 aromatic heterocycles. The van der Waals surface area contributed by atoms with Gasteiger partial charge in [-0.1, -0.05) is 0 Å². The van der Waals surface area contributed by atoms with Crippen molar-refractivity contribution in [3.63, 3.8) is 0 Å². The van der Waals surface area contributed by atoms with Gasteiger partial charge < -0.3 is 25.2 Å². The highest BCUT2D eigenvalue weighted by molar-refractivity contribution is 5.98. The Bertz CT molecular complexity index is 464. The molecule has 104 valence electrons. The minimum absolute atomic E-state index is 0.0844. The molecule has 1 heterocycles. The average molecular weight is 266 g/mol. The predicted molar refractivity (Wildman–Crippen MR) is 70.5 cm³/mol. The molecule has 1 amide bonds. The Morgan fingerprint density at radius 3 is 3.05 bits per heavy atom. The summed E-state index contributed by atoms with van der Waals surface area (Å²) in [6, 6.07) is 5.21. The van der Waals surface area contributed by atoms with Crippen LogP contribution in [-0.2, 0) is 0 Å². The SMILES string of the molecule is CN1CCOc2ccc(NCC(O)CO)cc2C1=O. The Morgan fingerprint density at radius 2 is 2.32 bits per heavy atom. The first-order valence-corrected chi connectivity index (χ1v) is 6.17. The number of aliphatic hydroxyl groups is 2. The van der Waals surface area contributed by atoms with Gasteiger partial charge in [-0.3, -0.25) is 4.79 Å². The second kappa shape index (κ2) is 5.90. The van der Waals surface area contributed by atoms with Crippen molar-refractivity contribution in [1.29, 1.82) is 0 Å². The van der Waals surface area contributed by atoms with Crippen LogP contribution in [0.25, 0.3) is 0 Å². The monoisotopic (exact) mass is 266 g/mol. The number of likely N-dealkylation sites (N-methyl/N-ethyl adjacent to an activating group) is 1. The van der Waals surface area contributed by atoms with Crippen LogP contribution in [0.4, 0.5) is 5.69 Å². The summed E-state index contributed by atoms with van der Waals surface area (Å²) in [4.78, 5) is 13.7. The van der Waals surface area contributed by atoms with Crippen LogP contribution < -0.4 is 10.1 Å². The van der Waals surface area contributed by atoms with Crippen molar-refractivity contribution in [3.8, 4) is 5.75 Å². The standard InChI is InChI=1S/C13H18N2O4/c1-15-4-5-19-12-3-2-9(6-11(12)13(15)18)14-7-10(17)8-16/h2-3,6,10,14,16-17H,4-5,7-8H2,1H3. The van der Waals surface area contributed by atoms with Crippen LogP contribution in [0.3, 0.4) is 0 Å². The van der Waals surface area contributed by atoms with Crippen molar-refractivity contribution in [1.82, 2.24) is 4.90 Å². The first-order chi connectivity index (χ1) is 9.11. The molecule has 0 aliphatic carbocycles. The van der Waals surface area contributed by atoms with E-state index in [0.717, 1.165) is 0 Å². The fourth-order valence-corrected chi connectivity index (χ4v) is 1.83. The lowest BCUT2D eigenvalue weighted by molar-refractivity contribution is 0.0797. The summed E-state index contributed by atoms with van der Waals surface area (Å²) >= 11 is 0. The van der Waals surface area contributed by atoms with E-state index in [9.17, 15) is 9.90 Å². The van der Waals surface area contributed by atoms with Gasteiger partial charge in [0.2, 0.25) is 0 Å². The van der Waals surface area contributed by atoms with Gasteiger partial charge in [0.05, 0.1) is 24.8 Å². The molecule has 1 aromatic carbocycles. The number of rotatable bonds is 4. The Kier molecular flexibility index (Phi) is 4.24. The number of hydrogen-bond donors (Lipinski definition) is 3. The van der Waals surface area contributed by atoms with Crippen LogP contribution in [0, 0.1) is 0 Å². The van der Waals surface area contributed by atoms with Crippen molar-refractivity contribution in [2.75, 3.05) is 38.7 Å². The van der Waals surface area contributed by atoms with Gasteiger partial charge in [0.25, 0.3) is 5.91 Å². The number of nitrogens with one attached hydrogen (secondary N) is 1. The van der Waals surface area contributed by atoms with Crippen molar-refractivity contribution in [3.05, 3.63) is 23.8 Å². The summed E-state index contributed by atoms with van der Waals surface area (Å²) in [5, 5.41) is 21.0.